The van der Waals surface area contributed by atoms with Gasteiger partial charge in [0.1, 0.15) is 0 Å². The molecule has 1 aliphatic rings. The van der Waals surface area contributed by atoms with Crippen LogP contribution >= 0.6 is 11.6 Å². The van der Waals surface area contributed by atoms with Gasteiger partial charge in [-0.15, -0.1) is 0 Å². The molecule has 2 atom stereocenters. The fourth-order valence-corrected chi connectivity index (χ4v) is 3.73. The van der Waals surface area contributed by atoms with Gasteiger partial charge in [-0.2, -0.15) is 0 Å². The molecule has 0 bridgehead atoms. The van der Waals surface area contributed by atoms with Crippen LogP contribution in [0.25, 0.3) is 0 Å². The summed E-state index contributed by atoms with van der Waals surface area (Å²) in [7, 11) is -1.04. The van der Waals surface area contributed by atoms with Crippen LogP contribution in [0, 0.1) is 0 Å². The predicted molar refractivity (Wildman–Crippen MR) is 97.8 cm³/mol. The molecule has 2 aromatic rings. The molecule has 3 nitrogen and oxygen atoms in total. The number of amides is 1. The van der Waals surface area contributed by atoms with Crippen LogP contribution in [-0.2, 0) is 10.8 Å². The fourth-order valence-electron chi connectivity index (χ4n) is 2.91. The Bertz CT molecular complexity index is 771. The van der Waals surface area contributed by atoms with Gasteiger partial charge in [0.25, 0.3) is 5.91 Å². The van der Waals surface area contributed by atoms with Crippen molar-refractivity contribution in [1.29, 1.82) is 0 Å². The maximum Gasteiger partial charge on any atom is 0.254 e. The van der Waals surface area contributed by atoms with E-state index in [1.807, 2.05) is 36.1 Å². The summed E-state index contributed by atoms with van der Waals surface area (Å²) in [6.07, 6.45) is 3.68. The minimum Gasteiger partial charge on any atom is -0.329 e. The Morgan fingerprint density at radius 2 is 1.79 bits per heavy atom. The van der Waals surface area contributed by atoms with Gasteiger partial charge >= 0.3 is 0 Å². The van der Waals surface area contributed by atoms with Crippen molar-refractivity contribution in [3.63, 3.8) is 0 Å². The molecule has 1 aliphatic carbocycles. The van der Waals surface area contributed by atoms with Crippen molar-refractivity contribution in [3.05, 3.63) is 64.7 Å². The number of halogens is 1. The van der Waals surface area contributed by atoms with Gasteiger partial charge in [-0.25, -0.2) is 0 Å². The van der Waals surface area contributed by atoms with E-state index in [1.165, 1.54) is 0 Å². The van der Waals surface area contributed by atoms with Crippen molar-refractivity contribution in [2.75, 3.05) is 6.26 Å². The minimum absolute atomic E-state index is 0.00152. The van der Waals surface area contributed by atoms with Crippen LogP contribution in [0.3, 0.4) is 0 Å². The standard InChI is InChI=1S/C19H20ClNO2S/c1-13(17-5-3-4-6-18(17)20)21(15-9-10-15)19(22)14-7-11-16(12-8-14)24(2)23/h3-8,11-13,15H,9-10H2,1-2H3/t13-,24+/m1/s1. The second-order valence-electron chi connectivity index (χ2n) is 6.12. The van der Waals surface area contributed by atoms with Crippen LogP contribution in [-0.4, -0.2) is 27.3 Å². The summed E-state index contributed by atoms with van der Waals surface area (Å²) in [5.74, 6) is -0.00152. The molecule has 0 radical (unpaired) electrons. The van der Waals surface area contributed by atoms with Gasteiger partial charge in [0.05, 0.1) is 6.04 Å². The average Bonchev–Trinajstić information content (AvgIpc) is 3.40. The van der Waals surface area contributed by atoms with E-state index in [2.05, 4.69) is 0 Å². The monoisotopic (exact) mass is 361 g/mol. The highest BCUT2D eigenvalue weighted by molar-refractivity contribution is 7.84. The molecule has 1 saturated carbocycles. The third kappa shape index (κ3) is 3.55. The van der Waals surface area contributed by atoms with Gasteiger partial charge in [-0.3, -0.25) is 9.00 Å². The van der Waals surface area contributed by atoms with Crippen LogP contribution in [0.15, 0.2) is 53.4 Å². The molecule has 2 aromatic carbocycles. The summed E-state index contributed by atoms with van der Waals surface area (Å²) in [6, 6.07) is 14.9. The Morgan fingerprint density at radius 3 is 2.33 bits per heavy atom. The highest BCUT2D eigenvalue weighted by atomic mass is 35.5. The molecule has 3 rings (SSSR count). The van der Waals surface area contributed by atoms with Crippen molar-refractivity contribution < 1.29 is 9.00 Å². The van der Waals surface area contributed by atoms with Gasteiger partial charge in [0, 0.05) is 38.6 Å². The van der Waals surface area contributed by atoms with E-state index in [-0.39, 0.29) is 18.0 Å². The molecular formula is C19H20ClNO2S. The minimum atomic E-state index is -1.04. The van der Waals surface area contributed by atoms with E-state index in [4.69, 9.17) is 11.6 Å². The third-order valence-electron chi connectivity index (χ3n) is 4.38. The lowest BCUT2D eigenvalue weighted by atomic mass is 10.0. The first-order chi connectivity index (χ1) is 11.5. The Morgan fingerprint density at radius 1 is 1.17 bits per heavy atom. The van der Waals surface area contributed by atoms with Crippen LogP contribution in [0.1, 0.15) is 41.7 Å². The molecule has 0 N–H and O–H groups in total. The van der Waals surface area contributed by atoms with Crippen LogP contribution in [0.4, 0.5) is 0 Å². The molecule has 0 heterocycles. The van der Waals surface area contributed by atoms with Crippen LogP contribution in [0.5, 0.6) is 0 Å². The molecule has 126 valence electrons. The van der Waals surface area contributed by atoms with Gasteiger partial charge in [0.2, 0.25) is 0 Å². The molecule has 0 spiro atoms. The number of benzene rings is 2. The topological polar surface area (TPSA) is 37.4 Å². The van der Waals surface area contributed by atoms with E-state index in [0.29, 0.717) is 10.6 Å². The van der Waals surface area contributed by atoms with Crippen molar-refractivity contribution in [2.24, 2.45) is 0 Å². The second kappa shape index (κ2) is 7.08. The van der Waals surface area contributed by atoms with Crippen molar-refractivity contribution in [1.82, 2.24) is 4.90 Å². The quantitative estimate of drug-likeness (QED) is 0.789. The fraction of sp³-hybridized carbons (Fsp3) is 0.316. The van der Waals surface area contributed by atoms with Crippen LogP contribution in [0.2, 0.25) is 5.02 Å². The van der Waals surface area contributed by atoms with E-state index in [9.17, 15) is 9.00 Å². The first-order valence-electron chi connectivity index (χ1n) is 7.99. The smallest absolute Gasteiger partial charge is 0.254 e. The lowest BCUT2D eigenvalue weighted by Gasteiger charge is -2.30. The summed E-state index contributed by atoms with van der Waals surface area (Å²) >= 11 is 6.32. The number of nitrogens with zero attached hydrogens (tertiary/aromatic N) is 1. The van der Waals surface area contributed by atoms with Crippen molar-refractivity contribution in [2.45, 2.75) is 36.7 Å². The molecule has 0 unspecified atom stereocenters. The maximum absolute atomic E-state index is 13.0. The first-order valence-corrected chi connectivity index (χ1v) is 9.93. The van der Waals surface area contributed by atoms with Gasteiger partial charge < -0.3 is 4.90 Å². The summed E-state index contributed by atoms with van der Waals surface area (Å²) in [5, 5.41) is 0.681. The molecule has 1 amide bonds. The van der Waals surface area contributed by atoms with E-state index in [1.54, 1.807) is 30.5 Å². The van der Waals surface area contributed by atoms with Gasteiger partial charge in [0.15, 0.2) is 0 Å². The predicted octanol–water partition coefficient (Wildman–Crippen LogP) is 4.44. The van der Waals surface area contributed by atoms with Gasteiger partial charge in [-0.05, 0) is 55.7 Å². The zero-order chi connectivity index (χ0) is 17.3. The summed E-state index contributed by atoms with van der Waals surface area (Å²) in [6.45, 7) is 2.02. The zero-order valence-corrected chi connectivity index (χ0v) is 15.3. The highest BCUT2D eigenvalue weighted by Crippen LogP contribution is 2.37. The molecule has 0 aliphatic heterocycles. The molecule has 0 aromatic heterocycles. The Labute approximate surface area is 150 Å². The third-order valence-corrected chi connectivity index (χ3v) is 5.66. The van der Waals surface area contributed by atoms with E-state index in [0.717, 1.165) is 23.3 Å². The Balaban J connectivity index is 1.89. The summed E-state index contributed by atoms with van der Waals surface area (Å²) in [4.78, 5) is 15.7. The number of carbonyl (C=O) groups is 1. The molecule has 5 heteroatoms. The Kier molecular flexibility index (Phi) is 5.07. The van der Waals surface area contributed by atoms with Crippen LogP contribution < -0.4 is 0 Å². The average molecular weight is 362 g/mol. The lowest BCUT2D eigenvalue weighted by Crippen LogP contribution is -2.35. The lowest BCUT2D eigenvalue weighted by molar-refractivity contribution is 0.0674. The largest absolute Gasteiger partial charge is 0.329 e. The molecular weight excluding hydrogens is 342 g/mol. The second-order valence-corrected chi connectivity index (χ2v) is 7.91. The highest BCUT2D eigenvalue weighted by Gasteiger charge is 2.37. The normalized spacial score (nSPS) is 16.5. The van der Waals surface area contributed by atoms with E-state index >= 15 is 0 Å². The summed E-state index contributed by atoms with van der Waals surface area (Å²) < 4.78 is 11.5. The van der Waals surface area contributed by atoms with Crippen molar-refractivity contribution >= 4 is 28.3 Å². The Hall–Kier alpha value is -1.65. The first kappa shape index (κ1) is 17.2. The van der Waals surface area contributed by atoms with Gasteiger partial charge in [-0.1, -0.05) is 29.8 Å². The molecule has 1 fully saturated rings. The number of hydrogen-bond donors (Lipinski definition) is 0. The zero-order valence-electron chi connectivity index (χ0n) is 13.7. The molecule has 24 heavy (non-hydrogen) atoms. The SMILES string of the molecule is C[C@H](c1ccccc1Cl)N(C(=O)c1ccc([S@](C)=O)cc1)C1CC1. The molecule has 0 saturated heterocycles. The van der Waals surface area contributed by atoms with Crippen molar-refractivity contribution in [3.8, 4) is 0 Å². The maximum atomic E-state index is 13.0. The summed E-state index contributed by atoms with van der Waals surface area (Å²) in [5.41, 5.74) is 1.58. The number of carbonyl (C=O) groups excluding carboxylic acids is 1. The number of hydrogen-bond acceptors (Lipinski definition) is 2. The number of rotatable bonds is 5. The van der Waals surface area contributed by atoms with E-state index < -0.39 is 10.8 Å².